The Labute approximate surface area is 211 Å². The summed E-state index contributed by atoms with van der Waals surface area (Å²) in [5, 5.41) is 14.3. The number of nitrogens with one attached hydrogen (secondary N) is 2. The summed E-state index contributed by atoms with van der Waals surface area (Å²) in [5.74, 6) is 1.86. The second kappa shape index (κ2) is 9.09. The van der Waals surface area contributed by atoms with Crippen molar-refractivity contribution in [3.05, 3.63) is 52.1 Å². The standard InChI is InChI=1S/C29H36N4O3/c1-2-3-4-7-10-33-22-9-6-5-8-21(22)25(34)24(27(33)36)26(35)32-28-30-17-23(31-28)29-14-18-11-19(15-29)13-20(12-18)16-29/h5-6,8-9,17-20,34H,2-4,7,10-16H2,1H3,(H2,30,31,32,35). The zero-order valence-electron chi connectivity index (χ0n) is 21.1. The average molecular weight is 489 g/mol. The first-order valence-corrected chi connectivity index (χ1v) is 13.7. The van der Waals surface area contributed by atoms with Crippen molar-refractivity contribution in [1.29, 1.82) is 0 Å². The molecule has 0 radical (unpaired) electrons. The number of carbonyl (C=O) groups is 1. The van der Waals surface area contributed by atoms with Crippen LogP contribution in [0.5, 0.6) is 5.75 Å². The van der Waals surface area contributed by atoms with Gasteiger partial charge in [0.2, 0.25) is 5.95 Å². The molecule has 0 unspecified atom stereocenters. The highest BCUT2D eigenvalue weighted by atomic mass is 16.3. The quantitative estimate of drug-likeness (QED) is 0.353. The fourth-order valence-electron chi connectivity index (χ4n) is 7.78. The molecule has 1 amide bonds. The molecule has 2 aromatic heterocycles. The Balaban J connectivity index is 1.28. The average Bonchev–Trinajstić information content (AvgIpc) is 3.32. The number of aromatic amines is 1. The number of aromatic nitrogens is 3. The fourth-order valence-corrected chi connectivity index (χ4v) is 7.78. The third-order valence-corrected chi connectivity index (χ3v) is 9.03. The van der Waals surface area contributed by atoms with Crippen molar-refractivity contribution in [3.8, 4) is 5.75 Å². The lowest BCUT2D eigenvalue weighted by atomic mass is 9.49. The number of pyridine rings is 1. The molecule has 4 saturated carbocycles. The molecule has 3 aromatic rings. The zero-order valence-corrected chi connectivity index (χ0v) is 21.1. The molecule has 4 aliphatic rings. The van der Waals surface area contributed by atoms with E-state index in [0.717, 1.165) is 49.1 Å². The van der Waals surface area contributed by atoms with E-state index in [4.69, 9.17) is 0 Å². The van der Waals surface area contributed by atoms with Crippen molar-refractivity contribution < 1.29 is 9.90 Å². The minimum absolute atomic E-state index is 0.140. The van der Waals surface area contributed by atoms with Gasteiger partial charge in [0.05, 0.1) is 11.7 Å². The number of imidazole rings is 1. The number of aromatic hydroxyl groups is 1. The van der Waals surface area contributed by atoms with Crippen molar-refractivity contribution in [2.45, 2.75) is 83.1 Å². The monoisotopic (exact) mass is 488 g/mol. The van der Waals surface area contributed by atoms with Gasteiger partial charge in [-0.2, -0.15) is 0 Å². The summed E-state index contributed by atoms with van der Waals surface area (Å²) in [7, 11) is 0. The molecule has 7 rings (SSSR count). The highest BCUT2D eigenvalue weighted by molar-refractivity contribution is 6.08. The molecule has 0 atom stereocenters. The fraction of sp³-hybridized carbons (Fsp3) is 0.552. The van der Waals surface area contributed by atoms with Gasteiger partial charge in [0.1, 0.15) is 11.3 Å². The summed E-state index contributed by atoms with van der Waals surface area (Å²) >= 11 is 0. The number of nitrogens with zero attached hydrogens (tertiary/aromatic N) is 2. The molecule has 7 heteroatoms. The lowest BCUT2D eigenvalue weighted by molar-refractivity contribution is -0.00698. The van der Waals surface area contributed by atoms with Crippen LogP contribution in [0.15, 0.2) is 35.3 Å². The summed E-state index contributed by atoms with van der Waals surface area (Å²) in [6, 6.07) is 7.22. The van der Waals surface area contributed by atoms with Crippen molar-refractivity contribution >= 4 is 22.8 Å². The van der Waals surface area contributed by atoms with Crippen LogP contribution in [0.2, 0.25) is 0 Å². The number of amides is 1. The number of para-hydroxylation sites is 1. The molecule has 36 heavy (non-hydrogen) atoms. The molecule has 7 nitrogen and oxygen atoms in total. The summed E-state index contributed by atoms with van der Waals surface area (Å²) in [6.07, 6.45) is 13.6. The SMILES string of the molecule is CCCCCCn1c(=O)c(C(=O)Nc2ncc(C34CC5CC(CC(C5)C3)C4)[nH]2)c(O)c2ccccc21. The van der Waals surface area contributed by atoms with Gasteiger partial charge in [0, 0.05) is 23.0 Å². The Bertz CT molecular complexity index is 1320. The summed E-state index contributed by atoms with van der Waals surface area (Å²) in [5.41, 5.74) is 1.20. The number of hydrogen-bond acceptors (Lipinski definition) is 4. The Kier molecular flexibility index (Phi) is 5.89. The molecule has 4 aliphatic carbocycles. The summed E-state index contributed by atoms with van der Waals surface area (Å²) in [4.78, 5) is 34.6. The largest absolute Gasteiger partial charge is 0.506 e. The molecule has 3 N–H and O–H groups in total. The van der Waals surface area contributed by atoms with Gasteiger partial charge >= 0.3 is 0 Å². The van der Waals surface area contributed by atoms with Crippen LogP contribution in [0, 0.1) is 17.8 Å². The molecular weight excluding hydrogens is 452 g/mol. The first-order chi connectivity index (χ1) is 17.5. The van der Waals surface area contributed by atoms with E-state index in [9.17, 15) is 14.7 Å². The Morgan fingerprint density at radius 1 is 1.11 bits per heavy atom. The first-order valence-electron chi connectivity index (χ1n) is 13.7. The van der Waals surface area contributed by atoms with Crippen molar-refractivity contribution in [2.75, 3.05) is 5.32 Å². The molecule has 0 aliphatic heterocycles. The smallest absolute Gasteiger partial charge is 0.267 e. The molecule has 0 saturated heterocycles. The van der Waals surface area contributed by atoms with E-state index in [1.807, 2.05) is 18.3 Å². The summed E-state index contributed by atoms with van der Waals surface area (Å²) < 4.78 is 1.63. The number of hydrogen-bond donors (Lipinski definition) is 3. The van der Waals surface area contributed by atoms with E-state index < -0.39 is 11.5 Å². The van der Waals surface area contributed by atoms with Gasteiger partial charge in [-0.3, -0.25) is 14.9 Å². The first kappa shape index (κ1) is 23.3. The maximum absolute atomic E-state index is 13.4. The molecule has 4 bridgehead atoms. The summed E-state index contributed by atoms with van der Waals surface area (Å²) in [6.45, 7) is 2.66. The van der Waals surface area contributed by atoms with Gasteiger partial charge in [0.15, 0.2) is 0 Å². The maximum atomic E-state index is 13.4. The Morgan fingerprint density at radius 2 is 1.81 bits per heavy atom. The molecule has 190 valence electrons. The van der Waals surface area contributed by atoms with E-state index in [0.29, 0.717) is 23.4 Å². The van der Waals surface area contributed by atoms with Gasteiger partial charge in [0.25, 0.3) is 11.5 Å². The second-order valence-corrected chi connectivity index (χ2v) is 11.6. The van der Waals surface area contributed by atoms with E-state index in [2.05, 4.69) is 22.2 Å². The predicted molar refractivity (Wildman–Crippen MR) is 140 cm³/mol. The number of aryl methyl sites for hydroxylation is 1. The van der Waals surface area contributed by atoms with Crippen LogP contribution in [0.3, 0.4) is 0 Å². The van der Waals surface area contributed by atoms with Crippen LogP contribution in [0.25, 0.3) is 10.9 Å². The van der Waals surface area contributed by atoms with Crippen LogP contribution in [0.4, 0.5) is 5.95 Å². The predicted octanol–water partition coefficient (Wildman–Crippen LogP) is 5.73. The lowest BCUT2D eigenvalue weighted by Gasteiger charge is -2.56. The van der Waals surface area contributed by atoms with E-state index in [-0.39, 0.29) is 16.7 Å². The minimum Gasteiger partial charge on any atom is -0.506 e. The second-order valence-electron chi connectivity index (χ2n) is 11.6. The van der Waals surface area contributed by atoms with Gasteiger partial charge < -0.3 is 14.7 Å². The number of H-pyrrole nitrogens is 1. The number of anilines is 1. The van der Waals surface area contributed by atoms with Crippen LogP contribution >= 0.6 is 0 Å². The molecule has 1 aromatic carbocycles. The molecule has 4 fully saturated rings. The van der Waals surface area contributed by atoms with Gasteiger partial charge in [-0.1, -0.05) is 38.3 Å². The van der Waals surface area contributed by atoms with Crippen LogP contribution in [-0.2, 0) is 12.0 Å². The van der Waals surface area contributed by atoms with E-state index in [1.54, 1.807) is 16.7 Å². The number of unbranched alkanes of at least 4 members (excludes halogenated alkanes) is 3. The van der Waals surface area contributed by atoms with E-state index in [1.165, 1.54) is 38.5 Å². The molecule has 2 heterocycles. The minimum atomic E-state index is -0.628. The highest BCUT2D eigenvalue weighted by Gasteiger charge is 2.52. The number of rotatable bonds is 8. The van der Waals surface area contributed by atoms with Crippen molar-refractivity contribution in [1.82, 2.24) is 14.5 Å². The van der Waals surface area contributed by atoms with Crippen LogP contribution in [-0.4, -0.2) is 25.5 Å². The third-order valence-electron chi connectivity index (χ3n) is 9.03. The number of fused-ring (bicyclic) bond motifs is 1. The van der Waals surface area contributed by atoms with Gasteiger partial charge in [-0.05, 0) is 74.8 Å². The molecule has 0 spiro atoms. The van der Waals surface area contributed by atoms with Crippen molar-refractivity contribution in [3.63, 3.8) is 0 Å². The van der Waals surface area contributed by atoms with E-state index >= 15 is 0 Å². The topological polar surface area (TPSA) is 100 Å². The van der Waals surface area contributed by atoms with Gasteiger partial charge in [-0.25, -0.2) is 4.98 Å². The number of benzene rings is 1. The zero-order chi connectivity index (χ0) is 24.9. The number of carbonyl (C=O) groups excluding carboxylic acids is 1. The van der Waals surface area contributed by atoms with Crippen molar-refractivity contribution in [2.24, 2.45) is 17.8 Å². The normalized spacial score (nSPS) is 26.5. The Hall–Kier alpha value is -3.09. The van der Waals surface area contributed by atoms with Gasteiger partial charge in [-0.15, -0.1) is 0 Å². The lowest BCUT2D eigenvalue weighted by Crippen LogP contribution is -2.48. The third kappa shape index (κ3) is 3.93. The Morgan fingerprint density at radius 3 is 2.50 bits per heavy atom. The maximum Gasteiger partial charge on any atom is 0.267 e. The van der Waals surface area contributed by atoms with Crippen LogP contribution < -0.4 is 10.9 Å². The highest BCUT2D eigenvalue weighted by Crippen LogP contribution is 2.60. The molecular formula is C29H36N4O3. The van der Waals surface area contributed by atoms with Crippen LogP contribution in [0.1, 0.15) is 87.2 Å².